The molecule has 4 nitrogen and oxygen atoms in total. The Morgan fingerprint density at radius 1 is 1.41 bits per heavy atom. The predicted octanol–water partition coefficient (Wildman–Crippen LogP) is 2.07. The maximum absolute atomic E-state index is 8.96. The highest BCUT2D eigenvalue weighted by Crippen LogP contribution is 2.20. The van der Waals surface area contributed by atoms with Crippen LogP contribution in [0.4, 0.5) is 0 Å². The van der Waals surface area contributed by atoms with Gasteiger partial charge in [0.05, 0.1) is 6.04 Å². The van der Waals surface area contributed by atoms with Gasteiger partial charge < -0.3 is 10.3 Å². The molecular formula is C12H11BrN4. The molecule has 1 atom stereocenters. The van der Waals surface area contributed by atoms with Gasteiger partial charge in [-0.3, -0.25) is 0 Å². The van der Waals surface area contributed by atoms with Crippen LogP contribution in [0.3, 0.4) is 0 Å². The number of imidazole rings is 1. The fraction of sp³-hybridized carbons (Fsp3) is 0.167. The van der Waals surface area contributed by atoms with Crippen molar-refractivity contribution in [3.05, 3.63) is 52.5 Å². The van der Waals surface area contributed by atoms with Gasteiger partial charge in [0.15, 0.2) is 0 Å². The summed E-state index contributed by atoms with van der Waals surface area (Å²) in [6.45, 7) is 0.423. The molecule has 0 bridgehead atoms. The van der Waals surface area contributed by atoms with Crippen LogP contribution in [-0.4, -0.2) is 16.1 Å². The molecule has 2 aromatic rings. The largest absolute Gasteiger partial charge is 0.328 e. The van der Waals surface area contributed by atoms with Crippen LogP contribution in [0.2, 0.25) is 0 Å². The maximum atomic E-state index is 8.96. The van der Waals surface area contributed by atoms with E-state index in [0.29, 0.717) is 12.4 Å². The second-order valence-corrected chi connectivity index (χ2v) is 4.49. The molecule has 86 valence electrons. The molecule has 1 aromatic carbocycles. The zero-order valence-corrected chi connectivity index (χ0v) is 10.6. The number of nitriles is 1. The van der Waals surface area contributed by atoms with Gasteiger partial charge in [-0.15, -0.1) is 0 Å². The van der Waals surface area contributed by atoms with Crippen molar-refractivity contribution in [1.82, 2.24) is 9.55 Å². The predicted molar refractivity (Wildman–Crippen MR) is 68.3 cm³/mol. The first kappa shape index (κ1) is 11.8. The van der Waals surface area contributed by atoms with Crippen LogP contribution < -0.4 is 5.73 Å². The highest BCUT2D eigenvalue weighted by atomic mass is 79.9. The lowest BCUT2D eigenvalue weighted by atomic mass is 10.1. The number of hydrogen-bond donors (Lipinski definition) is 1. The van der Waals surface area contributed by atoms with Crippen molar-refractivity contribution in [2.24, 2.45) is 5.73 Å². The fourth-order valence-electron chi connectivity index (χ4n) is 1.75. The summed E-state index contributed by atoms with van der Waals surface area (Å²) >= 11 is 3.39. The van der Waals surface area contributed by atoms with E-state index in [9.17, 15) is 0 Å². The highest BCUT2D eigenvalue weighted by molar-refractivity contribution is 9.10. The van der Waals surface area contributed by atoms with E-state index in [-0.39, 0.29) is 6.04 Å². The van der Waals surface area contributed by atoms with E-state index in [0.717, 1.165) is 10.0 Å². The minimum absolute atomic E-state index is 0.0553. The molecule has 1 unspecified atom stereocenters. The average Bonchev–Trinajstić information content (AvgIpc) is 2.81. The lowest BCUT2D eigenvalue weighted by molar-refractivity contribution is 0.587. The molecule has 1 aromatic heterocycles. The van der Waals surface area contributed by atoms with E-state index in [2.05, 4.69) is 27.0 Å². The van der Waals surface area contributed by atoms with Gasteiger partial charge in [0.25, 0.3) is 0 Å². The molecule has 0 fully saturated rings. The number of halogens is 1. The highest BCUT2D eigenvalue weighted by Gasteiger charge is 2.14. The van der Waals surface area contributed by atoms with E-state index < -0.39 is 0 Å². The van der Waals surface area contributed by atoms with Crippen LogP contribution >= 0.6 is 15.9 Å². The lowest BCUT2D eigenvalue weighted by Gasteiger charge is -2.17. The molecular weight excluding hydrogens is 280 g/mol. The Bertz CT molecular complexity index is 538. The Morgan fingerprint density at radius 3 is 2.71 bits per heavy atom. The smallest absolute Gasteiger partial charge is 0.213 e. The number of nitrogens with zero attached hydrogens (tertiary/aromatic N) is 3. The third-order valence-electron chi connectivity index (χ3n) is 2.58. The van der Waals surface area contributed by atoms with E-state index in [1.54, 1.807) is 17.0 Å². The standard InChI is InChI=1S/C12H11BrN4/c13-10-3-1-9(2-4-10)11(7-14)17-6-5-16-12(17)8-15/h1-6,11H,7,14H2. The van der Waals surface area contributed by atoms with Crippen molar-refractivity contribution >= 4 is 15.9 Å². The molecule has 1 heterocycles. The fourth-order valence-corrected chi connectivity index (χ4v) is 2.01. The van der Waals surface area contributed by atoms with Crippen molar-refractivity contribution in [1.29, 1.82) is 5.26 Å². The van der Waals surface area contributed by atoms with Crippen LogP contribution in [0.25, 0.3) is 0 Å². The minimum atomic E-state index is -0.0553. The van der Waals surface area contributed by atoms with E-state index in [4.69, 9.17) is 11.0 Å². The molecule has 2 rings (SSSR count). The monoisotopic (exact) mass is 290 g/mol. The summed E-state index contributed by atoms with van der Waals surface area (Å²) in [6, 6.07) is 9.90. The van der Waals surface area contributed by atoms with Gasteiger partial charge >= 0.3 is 0 Å². The van der Waals surface area contributed by atoms with Gasteiger partial charge in [-0.2, -0.15) is 5.26 Å². The summed E-state index contributed by atoms with van der Waals surface area (Å²) < 4.78 is 2.81. The van der Waals surface area contributed by atoms with Crippen molar-refractivity contribution in [3.8, 4) is 6.07 Å². The Balaban J connectivity index is 2.41. The van der Waals surface area contributed by atoms with Gasteiger partial charge in [0.1, 0.15) is 6.07 Å². The summed E-state index contributed by atoms with van der Waals surface area (Å²) in [5.74, 6) is 0.378. The van der Waals surface area contributed by atoms with E-state index in [1.165, 1.54) is 0 Å². The number of benzene rings is 1. The molecule has 0 aliphatic heterocycles. The zero-order chi connectivity index (χ0) is 12.3. The van der Waals surface area contributed by atoms with Crippen molar-refractivity contribution in [2.75, 3.05) is 6.54 Å². The van der Waals surface area contributed by atoms with Crippen molar-refractivity contribution in [2.45, 2.75) is 6.04 Å². The molecule has 2 N–H and O–H groups in total. The summed E-state index contributed by atoms with van der Waals surface area (Å²) in [7, 11) is 0. The molecule has 0 aliphatic carbocycles. The van der Waals surface area contributed by atoms with Crippen LogP contribution in [0, 0.1) is 11.3 Å². The van der Waals surface area contributed by atoms with Crippen LogP contribution in [0.5, 0.6) is 0 Å². The van der Waals surface area contributed by atoms with E-state index in [1.807, 2.05) is 24.3 Å². The molecule has 0 amide bonds. The third-order valence-corrected chi connectivity index (χ3v) is 3.11. The number of aromatic nitrogens is 2. The molecule has 0 spiro atoms. The van der Waals surface area contributed by atoms with Gasteiger partial charge in [-0.05, 0) is 17.7 Å². The second kappa shape index (κ2) is 5.13. The third kappa shape index (κ3) is 2.38. The first-order chi connectivity index (χ1) is 8.26. The Morgan fingerprint density at radius 2 is 2.12 bits per heavy atom. The summed E-state index contributed by atoms with van der Waals surface area (Å²) in [5, 5.41) is 8.96. The van der Waals surface area contributed by atoms with Gasteiger partial charge in [0, 0.05) is 23.4 Å². The Hall–Kier alpha value is -1.64. The second-order valence-electron chi connectivity index (χ2n) is 3.57. The molecule has 0 saturated heterocycles. The van der Waals surface area contributed by atoms with Gasteiger partial charge in [-0.25, -0.2) is 4.98 Å². The number of nitrogens with two attached hydrogens (primary N) is 1. The minimum Gasteiger partial charge on any atom is -0.328 e. The van der Waals surface area contributed by atoms with Crippen molar-refractivity contribution in [3.63, 3.8) is 0 Å². The summed E-state index contributed by atoms with van der Waals surface area (Å²) in [4.78, 5) is 3.98. The van der Waals surface area contributed by atoms with Gasteiger partial charge in [-0.1, -0.05) is 28.1 Å². The normalized spacial score (nSPS) is 12.1. The molecule has 0 aliphatic rings. The van der Waals surface area contributed by atoms with E-state index >= 15 is 0 Å². The number of rotatable bonds is 3. The van der Waals surface area contributed by atoms with Gasteiger partial charge in [0.2, 0.25) is 5.82 Å². The summed E-state index contributed by atoms with van der Waals surface area (Å²) in [6.07, 6.45) is 3.39. The Kier molecular flexibility index (Phi) is 3.57. The van der Waals surface area contributed by atoms with Crippen LogP contribution in [0.1, 0.15) is 17.4 Å². The number of hydrogen-bond acceptors (Lipinski definition) is 3. The van der Waals surface area contributed by atoms with Crippen molar-refractivity contribution < 1.29 is 0 Å². The molecule has 5 heteroatoms. The average molecular weight is 291 g/mol. The Labute approximate surface area is 108 Å². The molecule has 17 heavy (non-hydrogen) atoms. The first-order valence-corrected chi connectivity index (χ1v) is 5.94. The first-order valence-electron chi connectivity index (χ1n) is 5.14. The maximum Gasteiger partial charge on any atom is 0.213 e. The topological polar surface area (TPSA) is 67.6 Å². The molecule has 0 radical (unpaired) electrons. The van der Waals surface area contributed by atoms with Crippen LogP contribution in [-0.2, 0) is 0 Å². The quantitative estimate of drug-likeness (QED) is 0.941. The summed E-state index contributed by atoms with van der Waals surface area (Å²) in [5.41, 5.74) is 6.85. The zero-order valence-electron chi connectivity index (χ0n) is 9.05. The lowest BCUT2D eigenvalue weighted by Crippen LogP contribution is -2.21. The molecule has 0 saturated carbocycles. The SMILES string of the molecule is N#Cc1nccn1C(CN)c1ccc(Br)cc1. The van der Waals surface area contributed by atoms with Crippen LogP contribution in [0.15, 0.2) is 41.1 Å².